The summed E-state index contributed by atoms with van der Waals surface area (Å²) in [7, 11) is 0. The van der Waals surface area contributed by atoms with E-state index in [1.54, 1.807) is 6.92 Å². The van der Waals surface area contributed by atoms with Crippen molar-refractivity contribution >= 4 is 16.6 Å². The van der Waals surface area contributed by atoms with Crippen molar-refractivity contribution < 1.29 is 4.79 Å². The molecule has 0 fully saturated rings. The maximum Gasteiger partial charge on any atom is 0.160 e. The number of hydrogen-bond acceptors (Lipinski definition) is 1. The molecule has 2 aromatic rings. The van der Waals surface area contributed by atoms with Crippen LogP contribution in [0.2, 0.25) is 0 Å². The number of benzene rings is 2. The molecule has 0 heterocycles. The van der Waals surface area contributed by atoms with E-state index in [4.69, 9.17) is 0 Å². The highest BCUT2D eigenvalue weighted by Gasteiger charge is 2.09. The maximum absolute atomic E-state index is 11.9. The smallest absolute Gasteiger partial charge is 0.160 e. The van der Waals surface area contributed by atoms with E-state index in [0.29, 0.717) is 0 Å². The van der Waals surface area contributed by atoms with E-state index in [-0.39, 0.29) is 5.78 Å². The maximum atomic E-state index is 11.9. The van der Waals surface area contributed by atoms with Crippen LogP contribution in [0.1, 0.15) is 74.7 Å². The summed E-state index contributed by atoms with van der Waals surface area (Å²) in [6.45, 7) is 3.93. The van der Waals surface area contributed by atoms with Gasteiger partial charge in [-0.1, -0.05) is 75.8 Å². The van der Waals surface area contributed by atoms with Crippen LogP contribution in [0.3, 0.4) is 0 Å². The molecule has 0 aromatic heterocycles. The van der Waals surface area contributed by atoms with Gasteiger partial charge in [-0.15, -0.1) is 0 Å². The third kappa shape index (κ3) is 4.69. The Labute approximate surface area is 134 Å². The summed E-state index contributed by atoms with van der Waals surface area (Å²) < 4.78 is 0. The van der Waals surface area contributed by atoms with E-state index in [2.05, 4.69) is 37.3 Å². The van der Waals surface area contributed by atoms with Gasteiger partial charge in [-0.25, -0.2) is 0 Å². The van der Waals surface area contributed by atoms with Crippen LogP contribution in [-0.4, -0.2) is 5.78 Å². The monoisotopic (exact) mass is 296 g/mol. The molecule has 118 valence electrons. The van der Waals surface area contributed by atoms with Crippen molar-refractivity contribution in [2.45, 2.75) is 65.2 Å². The Bertz CT molecular complexity index is 612. The Hall–Kier alpha value is -1.63. The number of ketones is 1. The average molecular weight is 296 g/mol. The predicted molar refractivity (Wildman–Crippen MR) is 95.6 cm³/mol. The Morgan fingerprint density at radius 3 is 2.09 bits per heavy atom. The lowest BCUT2D eigenvalue weighted by Gasteiger charge is -2.10. The molecule has 0 N–H and O–H groups in total. The number of hydrogen-bond donors (Lipinski definition) is 0. The Balaban J connectivity index is 1.97. The van der Waals surface area contributed by atoms with E-state index >= 15 is 0 Å². The van der Waals surface area contributed by atoms with Crippen LogP contribution in [-0.2, 0) is 6.42 Å². The van der Waals surface area contributed by atoms with Crippen molar-refractivity contribution in [1.29, 1.82) is 0 Å². The number of aryl methyl sites for hydroxylation is 1. The molecule has 0 bridgehead atoms. The summed E-state index contributed by atoms with van der Waals surface area (Å²) in [5.74, 6) is 0.184. The third-order valence-electron chi connectivity index (χ3n) is 4.40. The Morgan fingerprint density at radius 1 is 0.864 bits per heavy atom. The molecule has 0 aliphatic heterocycles. The minimum atomic E-state index is 0.184. The number of carbonyl (C=O) groups is 1. The van der Waals surface area contributed by atoms with Crippen LogP contribution in [0.5, 0.6) is 0 Å². The van der Waals surface area contributed by atoms with Gasteiger partial charge in [-0.05, 0) is 42.2 Å². The molecule has 0 saturated heterocycles. The topological polar surface area (TPSA) is 17.1 Å². The number of Topliss-reactive ketones (excluding diaryl/α,β-unsaturated/α-hetero) is 1. The Morgan fingerprint density at radius 2 is 1.45 bits per heavy atom. The zero-order valence-corrected chi connectivity index (χ0v) is 14.0. The van der Waals surface area contributed by atoms with Gasteiger partial charge in [0, 0.05) is 5.56 Å². The molecule has 22 heavy (non-hydrogen) atoms. The average Bonchev–Trinajstić information content (AvgIpc) is 2.53. The summed E-state index contributed by atoms with van der Waals surface area (Å²) in [6.07, 6.45) is 10.2. The van der Waals surface area contributed by atoms with E-state index in [0.717, 1.165) is 17.4 Å². The molecule has 0 spiro atoms. The van der Waals surface area contributed by atoms with Crippen LogP contribution in [0, 0.1) is 0 Å². The van der Waals surface area contributed by atoms with E-state index in [1.165, 1.54) is 55.9 Å². The molecule has 0 aliphatic carbocycles. The fourth-order valence-electron chi connectivity index (χ4n) is 3.09. The SMILES string of the molecule is CCCCCCCCCc1cc2ccccc2cc1C(C)=O. The molecule has 1 nitrogen and oxygen atoms in total. The van der Waals surface area contributed by atoms with Gasteiger partial charge in [0.05, 0.1) is 0 Å². The highest BCUT2D eigenvalue weighted by molar-refractivity contribution is 6.00. The minimum Gasteiger partial charge on any atom is -0.295 e. The van der Waals surface area contributed by atoms with Crippen LogP contribution in [0.25, 0.3) is 10.8 Å². The minimum absolute atomic E-state index is 0.184. The van der Waals surface area contributed by atoms with Crippen molar-refractivity contribution in [3.8, 4) is 0 Å². The van der Waals surface area contributed by atoms with Gasteiger partial charge < -0.3 is 0 Å². The molecular weight excluding hydrogens is 268 g/mol. The molecule has 0 amide bonds. The van der Waals surface area contributed by atoms with Crippen LogP contribution >= 0.6 is 0 Å². The summed E-state index contributed by atoms with van der Waals surface area (Å²) >= 11 is 0. The highest BCUT2D eigenvalue weighted by atomic mass is 16.1. The molecule has 0 radical (unpaired) electrons. The number of rotatable bonds is 9. The van der Waals surface area contributed by atoms with Gasteiger partial charge in [-0.3, -0.25) is 4.79 Å². The van der Waals surface area contributed by atoms with Gasteiger partial charge in [0.25, 0.3) is 0 Å². The van der Waals surface area contributed by atoms with Crippen LogP contribution in [0.4, 0.5) is 0 Å². The second kappa shape index (κ2) is 8.73. The standard InChI is InChI=1S/C21H28O/c1-3-4-5-6-7-8-9-14-20-15-18-12-10-11-13-19(18)16-21(20)17(2)22/h10-13,15-16H,3-9,14H2,1-2H3. The fourth-order valence-corrected chi connectivity index (χ4v) is 3.09. The Kier molecular flexibility index (Phi) is 6.64. The predicted octanol–water partition coefficient (Wildman–Crippen LogP) is 6.34. The first-order valence-electron chi connectivity index (χ1n) is 8.75. The summed E-state index contributed by atoms with van der Waals surface area (Å²) in [4.78, 5) is 11.9. The normalized spacial score (nSPS) is 11.0. The van der Waals surface area contributed by atoms with Crippen molar-refractivity contribution in [2.24, 2.45) is 0 Å². The quantitative estimate of drug-likeness (QED) is 0.390. The lowest BCUT2D eigenvalue weighted by molar-refractivity contribution is 0.101. The van der Waals surface area contributed by atoms with E-state index in [1.807, 2.05) is 6.07 Å². The van der Waals surface area contributed by atoms with Crippen LogP contribution < -0.4 is 0 Å². The molecule has 0 saturated carbocycles. The summed E-state index contributed by atoms with van der Waals surface area (Å²) in [6, 6.07) is 12.6. The molecule has 0 atom stereocenters. The van der Waals surface area contributed by atoms with Crippen molar-refractivity contribution in [2.75, 3.05) is 0 Å². The zero-order valence-electron chi connectivity index (χ0n) is 14.0. The molecular formula is C21H28O. The molecule has 2 aromatic carbocycles. The van der Waals surface area contributed by atoms with Gasteiger partial charge in [0.2, 0.25) is 0 Å². The van der Waals surface area contributed by atoms with Crippen molar-refractivity contribution in [3.63, 3.8) is 0 Å². The van der Waals surface area contributed by atoms with Gasteiger partial charge in [0.1, 0.15) is 0 Å². The van der Waals surface area contributed by atoms with Gasteiger partial charge in [0.15, 0.2) is 5.78 Å². The third-order valence-corrected chi connectivity index (χ3v) is 4.40. The van der Waals surface area contributed by atoms with E-state index < -0.39 is 0 Å². The molecule has 1 heteroatoms. The van der Waals surface area contributed by atoms with Crippen molar-refractivity contribution in [3.05, 3.63) is 47.5 Å². The lowest BCUT2D eigenvalue weighted by Crippen LogP contribution is -2.00. The molecule has 2 rings (SSSR count). The number of carbonyl (C=O) groups excluding carboxylic acids is 1. The van der Waals surface area contributed by atoms with E-state index in [9.17, 15) is 4.79 Å². The van der Waals surface area contributed by atoms with Gasteiger partial charge in [-0.2, -0.15) is 0 Å². The number of fused-ring (bicyclic) bond motifs is 1. The first-order valence-corrected chi connectivity index (χ1v) is 8.75. The first-order chi connectivity index (χ1) is 10.7. The molecule has 0 unspecified atom stereocenters. The highest BCUT2D eigenvalue weighted by Crippen LogP contribution is 2.22. The lowest BCUT2D eigenvalue weighted by atomic mass is 9.94. The van der Waals surface area contributed by atoms with Crippen molar-refractivity contribution in [1.82, 2.24) is 0 Å². The van der Waals surface area contributed by atoms with Gasteiger partial charge >= 0.3 is 0 Å². The largest absolute Gasteiger partial charge is 0.295 e. The first kappa shape index (κ1) is 16.7. The zero-order chi connectivity index (χ0) is 15.8. The van der Waals surface area contributed by atoms with Crippen LogP contribution in [0.15, 0.2) is 36.4 Å². The second-order valence-electron chi connectivity index (χ2n) is 6.28. The number of unbranched alkanes of at least 4 members (excludes halogenated alkanes) is 6. The second-order valence-corrected chi connectivity index (χ2v) is 6.28. The summed E-state index contributed by atoms with van der Waals surface area (Å²) in [5.41, 5.74) is 2.13. The molecule has 0 aliphatic rings. The fraction of sp³-hybridized carbons (Fsp3) is 0.476. The summed E-state index contributed by atoms with van der Waals surface area (Å²) in [5, 5.41) is 2.40.